The van der Waals surface area contributed by atoms with Gasteiger partial charge in [-0.05, 0) is 32.9 Å². The molecule has 0 heterocycles. The molecule has 1 saturated carbocycles. The minimum Gasteiger partial charge on any atom is -0.494 e. The van der Waals surface area contributed by atoms with Crippen LogP contribution in [-0.2, 0) is 4.74 Å². The first-order valence-electron chi connectivity index (χ1n) is 7.92. The first kappa shape index (κ1) is 16.3. The molecule has 1 aliphatic rings. The highest BCUT2D eigenvalue weighted by Gasteiger charge is 2.30. The molecule has 21 heavy (non-hydrogen) atoms. The van der Waals surface area contributed by atoms with Gasteiger partial charge in [-0.25, -0.2) is 0 Å². The van der Waals surface area contributed by atoms with Crippen LogP contribution in [0.3, 0.4) is 0 Å². The van der Waals surface area contributed by atoms with Crippen molar-refractivity contribution in [1.29, 1.82) is 0 Å². The largest absolute Gasteiger partial charge is 0.494 e. The molecule has 1 aliphatic carbocycles. The van der Waals surface area contributed by atoms with E-state index < -0.39 is 0 Å². The van der Waals surface area contributed by atoms with Crippen molar-refractivity contribution in [3.05, 3.63) is 29.8 Å². The van der Waals surface area contributed by atoms with Crippen LogP contribution < -0.4 is 10.1 Å². The third-order valence-corrected chi connectivity index (χ3v) is 4.01. The SMILES string of the molecule is CCOc1ccccc1C(CN(CCOC)C1CC1)NC. The van der Waals surface area contributed by atoms with Gasteiger partial charge < -0.3 is 14.8 Å². The van der Waals surface area contributed by atoms with E-state index in [1.54, 1.807) is 7.11 Å². The lowest BCUT2D eigenvalue weighted by Gasteiger charge is -2.28. The van der Waals surface area contributed by atoms with Crippen molar-refractivity contribution in [3.8, 4) is 5.75 Å². The lowest BCUT2D eigenvalue weighted by Crippen LogP contribution is -2.37. The van der Waals surface area contributed by atoms with Crippen molar-refractivity contribution < 1.29 is 9.47 Å². The van der Waals surface area contributed by atoms with Gasteiger partial charge in [0, 0.05) is 37.8 Å². The van der Waals surface area contributed by atoms with Crippen molar-refractivity contribution in [2.45, 2.75) is 31.8 Å². The second-order valence-electron chi connectivity index (χ2n) is 5.53. The number of ether oxygens (including phenoxy) is 2. The minimum absolute atomic E-state index is 0.283. The number of benzene rings is 1. The van der Waals surface area contributed by atoms with Gasteiger partial charge in [0.05, 0.1) is 13.2 Å². The van der Waals surface area contributed by atoms with Crippen LogP contribution in [0, 0.1) is 0 Å². The van der Waals surface area contributed by atoms with Gasteiger partial charge in [-0.2, -0.15) is 0 Å². The number of hydrogen-bond donors (Lipinski definition) is 1. The molecule has 2 rings (SSSR count). The monoisotopic (exact) mass is 292 g/mol. The smallest absolute Gasteiger partial charge is 0.124 e. The molecule has 118 valence electrons. The number of rotatable bonds is 10. The molecule has 1 fully saturated rings. The first-order chi connectivity index (χ1) is 10.3. The van der Waals surface area contributed by atoms with Crippen LogP contribution in [0.2, 0.25) is 0 Å². The summed E-state index contributed by atoms with van der Waals surface area (Å²) in [5.41, 5.74) is 1.24. The van der Waals surface area contributed by atoms with E-state index in [-0.39, 0.29) is 6.04 Å². The fourth-order valence-electron chi connectivity index (χ4n) is 2.71. The van der Waals surface area contributed by atoms with Crippen LogP contribution in [-0.4, -0.2) is 51.4 Å². The van der Waals surface area contributed by atoms with Crippen LogP contribution in [0.4, 0.5) is 0 Å². The van der Waals surface area contributed by atoms with E-state index in [0.717, 1.165) is 31.5 Å². The normalized spacial score (nSPS) is 16.2. The van der Waals surface area contributed by atoms with Crippen LogP contribution in [0.15, 0.2) is 24.3 Å². The summed E-state index contributed by atoms with van der Waals surface area (Å²) in [6.45, 7) is 5.51. The Hall–Kier alpha value is -1.10. The van der Waals surface area contributed by atoms with E-state index in [1.807, 2.05) is 20.0 Å². The highest BCUT2D eigenvalue weighted by atomic mass is 16.5. The third kappa shape index (κ3) is 4.70. The number of likely N-dealkylation sites (N-methyl/N-ethyl adjacent to an activating group) is 1. The zero-order valence-electron chi connectivity index (χ0n) is 13.5. The number of methoxy groups -OCH3 is 1. The topological polar surface area (TPSA) is 33.7 Å². The maximum Gasteiger partial charge on any atom is 0.124 e. The van der Waals surface area contributed by atoms with Gasteiger partial charge in [-0.15, -0.1) is 0 Å². The van der Waals surface area contributed by atoms with E-state index in [1.165, 1.54) is 18.4 Å². The summed E-state index contributed by atoms with van der Waals surface area (Å²) in [6, 6.07) is 9.34. The predicted octanol–water partition coefficient (Wildman–Crippen LogP) is 2.46. The van der Waals surface area contributed by atoms with Gasteiger partial charge in [0.2, 0.25) is 0 Å². The average Bonchev–Trinajstić information content (AvgIpc) is 3.34. The zero-order valence-corrected chi connectivity index (χ0v) is 13.5. The highest BCUT2D eigenvalue weighted by Crippen LogP contribution is 2.31. The Morgan fingerprint density at radius 2 is 2.10 bits per heavy atom. The van der Waals surface area contributed by atoms with Gasteiger partial charge in [0.25, 0.3) is 0 Å². The Balaban J connectivity index is 2.07. The van der Waals surface area contributed by atoms with Gasteiger partial charge >= 0.3 is 0 Å². The second kappa shape index (κ2) is 8.37. The van der Waals surface area contributed by atoms with E-state index in [0.29, 0.717) is 6.61 Å². The molecule has 0 aromatic heterocycles. The molecule has 0 aliphatic heterocycles. The molecule has 1 aromatic rings. The molecule has 4 heteroatoms. The van der Waals surface area contributed by atoms with Crippen molar-refractivity contribution >= 4 is 0 Å². The van der Waals surface area contributed by atoms with E-state index in [4.69, 9.17) is 9.47 Å². The van der Waals surface area contributed by atoms with Crippen molar-refractivity contribution in [1.82, 2.24) is 10.2 Å². The molecule has 4 nitrogen and oxygen atoms in total. The van der Waals surface area contributed by atoms with Crippen LogP contribution >= 0.6 is 0 Å². The Kier molecular flexibility index (Phi) is 6.49. The van der Waals surface area contributed by atoms with E-state index >= 15 is 0 Å². The summed E-state index contributed by atoms with van der Waals surface area (Å²) in [5, 5.41) is 3.44. The van der Waals surface area contributed by atoms with E-state index in [9.17, 15) is 0 Å². The third-order valence-electron chi connectivity index (χ3n) is 4.01. The Morgan fingerprint density at radius 3 is 2.71 bits per heavy atom. The van der Waals surface area contributed by atoms with Crippen LogP contribution in [0.5, 0.6) is 5.75 Å². The fraction of sp³-hybridized carbons (Fsp3) is 0.647. The Morgan fingerprint density at radius 1 is 1.33 bits per heavy atom. The highest BCUT2D eigenvalue weighted by molar-refractivity contribution is 5.36. The average molecular weight is 292 g/mol. The molecule has 0 radical (unpaired) electrons. The van der Waals surface area contributed by atoms with Gasteiger partial charge in [-0.3, -0.25) is 4.90 Å². The Labute approximate surface area is 128 Å². The van der Waals surface area contributed by atoms with Gasteiger partial charge in [-0.1, -0.05) is 18.2 Å². The van der Waals surface area contributed by atoms with Gasteiger partial charge in [0.1, 0.15) is 5.75 Å². The maximum atomic E-state index is 5.78. The molecule has 1 unspecified atom stereocenters. The number of hydrogen-bond acceptors (Lipinski definition) is 4. The fourth-order valence-corrected chi connectivity index (χ4v) is 2.71. The maximum absolute atomic E-state index is 5.78. The van der Waals surface area contributed by atoms with Crippen molar-refractivity contribution in [2.24, 2.45) is 0 Å². The quantitative estimate of drug-likeness (QED) is 0.718. The molecule has 0 saturated heterocycles. The summed E-state index contributed by atoms with van der Waals surface area (Å²) in [5.74, 6) is 0.988. The molecular weight excluding hydrogens is 264 g/mol. The summed E-state index contributed by atoms with van der Waals surface area (Å²) in [4.78, 5) is 2.54. The molecule has 0 amide bonds. The molecule has 1 N–H and O–H groups in total. The van der Waals surface area contributed by atoms with Crippen LogP contribution in [0.25, 0.3) is 0 Å². The van der Waals surface area contributed by atoms with Gasteiger partial charge in [0.15, 0.2) is 0 Å². The van der Waals surface area contributed by atoms with E-state index in [2.05, 4.69) is 28.4 Å². The molecule has 0 bridgehead atoms. The number of nitrogens with one attached hydrogen (secondary N) is 1. The molecule has 0 spiro atoms. The van der Waals surface area contributed by atoms with Crippen molar-refractivity contribution in [2.75, 3.05) is 40.5 Å². The second-order valence-corrected chi connectivity index (χ2v) is 5.53. The number of para-hydroxylation sites is 1. The standard InChI is InChI=1S/C17H28N2O2/c1-4-21-17-8-6-5-7-15(17)16(18-2)13-19(11-12-20-3)14-9-10-14/h5-8,14,16,18H,4,9-13H2,1-3H3. The van der Waals surface area contributed by atoms with Crippen LogP contribution in [0.1, 0.15) is 31.4 Å². The lowest BCUT2D eigenvalue weighted by molar-refractivity contribution is 0.136. The lowest BCUT2D eigenvalue weighted by atomic mass is 10.0. The summed E-state index contributed by atoms with van der Waals surface area (Å²) in [7, 11) is 3.79. The zero-order chi connectivity index (χ0) is 15.1. The summed E-state index contributed by atoms with van der Waals surface area (Å²) >= 11 is 0. The summed E-state index contributed by atoms with van der Waals surface area (Å²) < 4.78 is 11.0. The summed E-state index contributed by atoms with van der Waals surface area (Å²) in [6.07, 6.45) is 2.63. The first-order valence-corrected chi connectivity index (χ1v) is 7.92. The molecule has 1 atom stereocenters. The number of nitrogens with zero attached hydrogens (tertiary/aromatic N) is 1. The Bertz CT molecular complexity index is 421. The van der Waals surface area contributed by atoms with Crippen molar-refractivity contribution in [3.63, 3.8) is 0 Å². The predicted molar refractivity (Wildman–Crippen MR) is 85.9 cm³/mol. The molecular formula is C17H28N2O2. The molecule has 1 aromatic carbocycles. The minimum atomic E-state index is 0.283.